The number of fused-ring (bicyclic) bond motifs is 1. The monoisotopic (exact) mass is 371 g/mol. The van der Waals surface area contributed by atoms with Gasteiger partial charge < -0.3 is 11.1 Å². The molecule has 3 N–H and O–H groups in total. The summed E-state index contributed by atoms with van der Waals surface area (Å²) in [5.74, 6) is 0.110. The number of aryl methyl sites for hydroxylation is 1. The fraction of sp³-hybridized carbons (Fsp3) is 0.526. The number of likely N-dealkylation sites (tertiary alicyclic amines) is 1. The molecular weight excluding hydrogens is 346 g/mol. The minimum atomic E-state index is -0.0970. The molecule has 7 heteroatoms. The Hall–Kier alpha value is -1.99. The van der Waals surface area contributed by atoms with Crippen molar-refractivity contribution in [1.29, 1.82) is 0 Å². The van der Waals surface area contributed by atoms with Crippen LogP contribution in [0.2, 0.25) is 0 Å². The first-order chi connectivity index (χ1) is 12.7. The van der Waals surface area contributed by atoms with Gasteiger partial charge in [0.05, 0.1) is 0 Å². The maximum absolute atomic E-state index is 12.9. The lowest BCUT2D eigenvalue weighted by molar-refractivity contribution is 0.0894. The Morgan fingerprint density at radius 1 is 1.31 bits per heavy atom. The molecule has 1 saturated heterocycles. The Kier molecular flexibility index (Phi) is 5.17. The van der Waals surface area contributed by atoms with Gasteiger partial charge in [0, 0.05) is 35.3 Å². The summed E-state index contributed by atoms with van der Waals surface area (Å²) in [6.07, 6.45) is 6.05. The number of hydrogen-bond acceptors (Lipinski definition) is 6. The Morgan fingerprint density at radius 3 is 3.04 bits per heavy atom. The van der Waals surface area contributed by atoms with E-state index in [-0.39, 0.29) is 17.9 Å². The van der Waals surface area contributed by atoms with Crippen molar-refractivity contribution in [3.8, 4) is 0 Å². The number of nitrogens with one attached hydrogen (secondary N) is 1. The van der Waals surface area contributed by atoms with Crippen LogP contribution in [0.1, 0.15) is 52.3 Å². The van der Waals surface area contributed by atoms with E-state index in [1.54, 1.807) is 11.3 Å². The minimum absolute atomic E-state index is 0.0970. The summed E-state index contributed by atoms with van der Waals surface area (Å²) in [6, 6.07) is 4.42. The number of anilines is 1. The van der Waals surface area contributed by atoms with Gasteiger partial charge in [0.2, 0.25) is 5.95 Å². The zero-order valence-electron chi connectivity index (χ0n) is 14.9. The van der Waals surface area contributed by atoms with Gasteiger partial charge in [0.15, 0.2) is 0 Å². The van der Waals surface area contributed by atoms with Crippen LogP contribution in [0.15, 0.2) is 17.5 Å². The smallest absolute Gasteiger partial charge is 0.270 e. The second kappa shape index (κ2) is 7.72. The number of nitrogen functional groups attached to an aromatic ring is 1. The molecule has 1 aliphatic heterocycles. The molecule has 2 aliphatic rings. The zero-order valence-corrected chi connectivity index (χ0v) is 15.7. The van der Waals surface area contributed by atoms with E-state index in [0.717, 1.165) is 69.4 Å². The number of rotatable bonds is 4. The Bertz CT molecular complexity index is 776. The van der Waals surface area contributed by atoms with Crippen molar-refractivity contribution in [1.82, 2.24) is 20.2 Å². The Balaban J connectivity index is 1.44. The molecule has 0 saturated carbocycles. The maximum atomic E-state index is 12.9. The van der Waals surface area contributed by atoms with Crippen LogP contribution in [0.5, 0.6) is 0 Å². The van der Waals surface area contributed by atoms with Crippen LogP contribution >= 0.6 is 11.3 Å². The topological polar surface area (TPSA) is 84.1 Å². The average molecular weight is 372 g/mol. The van der Waals surface area contributed by atoms with Crippen LogP contribution in [-0.4, -0.2) is 39.9 Å². The molecule has 0 unspecified atom stereocenters. The minimum Gasteiger partial charge on any atom is -0.368 e. The molecule has 3 heterocycles. The third-order valence-electron chi connectivity index (χ3n) is 5.22. The number of thiophene rings is 1. The fourth-order valence-corrected chi connectivity index (χ4v) is 4.74. The second-order valence-electron chi connectivity index (χ2n) is 7.19. The number of amides is 1. The van der Waals surface area contributed by atoms with E-state index in [9.17, 15) is 4.79 Å². The third-order valence-corrected chi connectivity index (χ3v) is 6.08. The first-order valence-electron chi connectivity index (χ1n) is 9.40. The number of nitrogens with two attached hydrogens (primary N) is 1. The van der Waals surface area contributed by atoms with Gasteiger partial charge in [-0.05, 0) is 56.5 Å². The molecule has 1 fully saturated rings. The number of piperidine rings is 1. The van der Waals surface area contributed by atoms with E-state index < -0.39 is 0 Å². The van der Waals surface area contributed by atoms with Gasteiger partial charge in [-0.15, -0.1) is 11.3 Å². The fourth-order valence-electron chi connectivity index (χ4n) is 3.99. The lowest BCUT2D eigenvalue weighted by Gasteiger charge is -2.33. The van der Waals surface area contributed by atoms with E-state index in [1.807, 2.05) is 0 Å². The number of carbonyl (C=O) groups is 1. The second-order valence-corrected chi connectivity index (χ2v) is 8.22. The Labute approximate surface area is 157 Å². The first-order valence-corrected chi connectivity index (χ1v) is 10.3. The molecule has 26 heavy (non-hydrogen) atoms. The molecule has 2 aromatic heterocycles. The van der Waals surface area contributed by atoms with Crippen molar-refractivity contribution >= 4 is 23.2 Å². The number of hydrogen-bond donors (Lipinski definition) is 2. The maximum Gasteiger partial charge on any atom is 0.270 e. The molecule has 1 atom stereocenters. The average Bonchev–Trinajstić information content (AvgIpc) is 3.14. The van der Waals surface area contributed by atoms with Gasteiger partial charge >= 0.3 is 0 Å². The molecule has 1 amide bonds. The van der Waals surface area contributed by atoms with Crippen molar-refractivity contribution in [3.05, 3.63) is 39.3 Å². The van der Waals surface area contributed by atoms with E-state index in [2.05, 4.69) is 37.7 Å². The summed E-state index contributed by atoms with van der Waals surface area (Å²) >= 11 is 1.79. The predicted molar refractivity (Wildman–Crippen MR) is 103 cm³/mol. The highest BCUT2D eigenvalue weighted by atomic mass is 32.1. The normalized spacial score (nSPS) is 20.5. The highest BCUT2D eigenvalue weighted by Crippen LogP contribution is 2.23. The van der Waals surface area contributed by atoms with Crippen LogP contribution in [0.4, 0.5) is 5.95 Å². The van der Waals surface area contributed by atoms with Gasteiger partial charge in [0.1, 0.15) is 5.69 Å². The summed E-state index contributed by atoms with van der Waals surface area (Å²) < 4.78 is 0. The van der Waals surface area contributed by atoms with Gasteiger partial charge in [0.25, 0.3) is 5.91 Å². The van der Waals surface area contributed by atoms with Crippen LogP contribution in [0.25, 0.3) is 0 Å². The van der Waals surface area contributed by atoms with Crippen LogP contribution < -0.4 is 11.1 Å². The molecule has 2 aromatic rings. The van der Waals surface area contributed by atoms with Crippen LogP contribution in [0, 0.1) is 0 Å². The molecule has 0 aromatic carbocycles. The van der Waals surface area contributed by atoms with Crippen molar-refractivity contribution in [3.63, 3.8) is 0 Å². The van der Waals surface area contributed by atoms with Gasteiger partial charge in [-0.1, -0.05) is 6.07 Å². The SMILES string of the molecule is Nc1nc2c(c(C(=O)N[C@H]3CCCN(Cc4cccs4)C3)n1)CCCC2. The number of aromatic nitrogens is 2. The summed E-state index contributed by atoms with van der Waals surface area (Å²) in [4.78, 5) is 25.3. The third kappa shape index (κ3) is 3.88. The van der Waals surface area contributed by atoms with Crippen molar-refractivity contribution in [2.24, 2.45) is 0 Å². The van der Waals surface area contributed by atoms with E-state index in [1.165, 1.54) is 4.88 Å². The first kappa shape index (κ1) is 17.4. The van der Waals surface area contributed by atoms with Gasteiger partial charge in [-0.25, -0.2) is 9.97 Å². The summed E-state index contributed by atoms with van der Waals surface area (Å²) in [7, 11) is 0. The van der Waals surface area contributed by atoms with Crippen molar-refractivity contribution < 1.29 is 4.79 Å². The molecular formula is C19H25N5OS. The van der Waals surface area contributed by atoms with Crippen molar-refractivity contribution in [2.75, 3.05) is 18.8 Å². The highest BCUT2D eigenvalue weighted by molar-refractivity contribution is 7.09. The summed E-state index contributed by atoms with van der Waals surface area (Å²) in [5.41, 5.74) is 8.28. The lowest BCUT2D eigenvalue weighted by atomic mass is 9.94. The van der Waals surface area contributed by atoms with E-state index in [0.29, 0.717) is 5.69 Å². The number of carbonyl (C=O) groups excluding carboxylic acids is 1. The molecule has 0 radical (unpaired) electrons. The van der Waals surface area contributed by atoms with Crippen LogP contribution in [0.3, 0.4) is 0 Å². The summed E-state index contributed by atoms with van der Waals surface area (Å²) in [6.45, 7) is 2.92. The molecule has 1 aliphatic carbocycles. The zero-order chi connectivity index (χ0) is 17.9. The summed E-state index contributed by atoms with van der Waals surface area (Å²) in [5, 5.41) is 5.31. The van der Waals surface area contributed by atoms with Gasteiger partial charge in [-0.2, -0.15) is 0 Å². The molecule has 0 spiro atoms. The van der Waals surface area contributed by atoms with Gasteiger partial charge in [-0.3, -0.25) is 9.69 Å². The predicted octanol–water partition coefficient (Wildman–Crippen LogP) is 2.39. The quantitative estimate of drug-likeness (QED) is 0.862. The Morgan fingerprint density at radius 2 is 2.19 bits per heavy atom. The molecule has 138 valence electrons. The van der Waals surface area contributed by atoms with Crippen molar-refractivity contribution in [2.45, 2.75) is 51.1 Å². The standard InChI is InChI=1S/C19H25N5OS/c20-19-22-16-8-2-1-7-15(16)17(23-19)18(25)21-13-5-3-9-24(11-13)12-14-6-4-10-26-14/h4,6,10,13H,1-3,5,7-9,11-12H2,(H,21,25)(H2,20,22,23)/t13-/m0/s1. The number of nitrogens with zero attached hydrogens (tertiary/aromatic N) is 3. The van der Waals surface area contributed by atoms with E-state index >= 15 is 0 Å². The molecule has 0 bridgehead atoms. The van der Waals surface area contributed by atoms with Crippen LogP contribution in [-0.2, 0) is 19.4 Å². The lowest BCUT2D eigenvalue weighted by Crippen LogP contribution is -2.47. The molecule has 4 rings (SSSR count). The highest BCUT2D eigenvalue weighted by Gasteiger charge is 2.26. The molecule has 6 nitrogen and oxygen atoms in total. The largest absolute Gasteiger partial charge is 0.368 e. The van der Waals surface area contributed by atoms with E-state index in [4.69, 9.17) is 5.73 Å².